The summed E-state index contributed by atoms with van der Waals surface area (Å²) < 4.78 is 40.0. The Labute approximate surface area is 161 Å². The van der Waals surface area contributed by atoms with E-state index in [1.165, 1.54) is 50.6 Å². The molecule has 0 atom stereocenters. The number of hydrogen-bond acceptors (Lipinski definition) is 8. The first kappa shape index (κ1) is 21.0. The van der Waals surface area contributed by atoms with Crippen LogP contribution in [0.4, 0.5) is 5.69 Å². The number of rotatable bonds is 9. The van der Waals surface area contributed by atoms with Crippen molar-refractivity contribution in [3.05, 3.63) is 52.1 Å². The van der Waals surface area contributed by atoms with Gasteiger partial charge in [0.25, 0.3) is 10.0 Å². The smallest absolute Gasteiger partial charge is 0.311 e. The molecule has 0 bridgehead atoms. The number of nitrogens with one attached hydrogen (secondary N) is 1. The SMILES string of the molecule is CCOc1ccc(S(=O)(=O)N/N=C/c2cc([N+](=O)[O-])c(OC)cc2OC)cc1. The van der Waals surface area contributed by atoms with Gasteiger partial charge in [-0.3, -0.25) is 10.1 Å². The molecule has 0 spiro atoms. The van der Waals surface area contributed by atoms with E-state index in [0.717, 1.165) is 6.21 Å². The minimum atomic E-state index is -3.92. The second kappa shape index (κ2) is 9.04. The lowest BCUT2D eigenvalue weighted by Gasteiger charge is -2.08. The highest BCUT2D eigenvalue weighted by molar-refractivity contribution is 7.89. The fraction of sp³-hybridized carbons (Fsp3) is 0.235. The summed E-state index contributed by atoms with van der Waals surface area (Å²) in [5.74, 6) is 0.778. The Hall–Kier alpha value is -3.34. The zero-order chi connectivity index (χ0) is 20.7. The third kappa shape index (κ3) is 4.88. The van der Waals surface area contributed by atoms with Crippen molar-refractivity contribution < 1.29 is 27.6 Å². The molecule has 0 aliphatic rings. The van der Waals surface area contributed by atoms with Crippen LogP contribution >= 0.6 is 0 Å². The van der Waals surface area contributed by atoms with Crippen LogP contribution in [0.2, 0.25) is 0 Å². The van der Waals surface area contributed by atoms with Gasteiger partial charge in [-0.2, -0.15) is 13.5 Å². The Morgan fingerprint density at radius 3 is 2.32 bits per heavy atom. The summed E-state index contributed by atoms with van der Waals surface area (Å²) in [7, 11) is -1.27. The number of nitrogens with zero attached hydrogens (tertiary/aromatic N) is 2. The van der Waals surface area contributed by atoms with Crippen LogP contribution in [0, 0.1) is 10.1 Å². The average Bonchev–Trinajstić information content (AvgIpc) is 2.68. The molecule has 2 aromatic rings. The second-order valence-electron chi connectivity index (χ2n) is 5.28. The van der Waals surface area contributed by atoms with Gasteiger partial charge in [-0.15, -0.1) is 0 Å². The zero-order valence-electron chi connectivity index (χ0n) is 15.4. The molecule has 1 N–H and O–H groups in total. The van der Waals surface area contributed by atoms with Crippen LogP contribution < -0.4 is 19.0 Å². The number of benzene rings is 2. The molecule has 2 aromatic carbocycles. The van der Waals surface area contributed by atoms with E-state index in [1.807, 2.05) is 11.8 Å². The molecule has 0 aliphatic heterocycles. The predicted molar refractivity (Wildman–Crippen MR) is 102 cm³/mol. The summed E-state index contributed by atoms with van der Waals surface area (Å²) in [6.45, 7) is 2.28. The first-order valence-corrected chi connectivity index (χ1v) is 9.48. The average molecular weight is 409 g/mol. The number of ether oxygens (including phenoxy) is 3. The maximum absolute atomic E-state index is 12.3. The number of nitro groups is 1. The maximum Gasteiger partial charge on any atom is 0.311 e. The van der Waals surface area contributed by atoms with Gasteiger partial charge in [0, 0.05) is 17.7 Å². The van der Waals surface area contributed by atoms with Crippen molar-refractivity contribution in [2.24, 2.45) is 5.10 Å². The van der Waals surface area contributed by atoms with Crippen molar-refractivity contribution in [1.82, 2.24) is 4.83 Å². The molecule has 11 heteroatoms. The van der Waals surface area contributed by atoms with Crippen LogP contribution in [0.1, 0.15) is 12.5 Å². The minimum Gasteiger partial charge on any atom is -0.496 e. The summed E-state index contributed by atoms with van der Waals surface area (Å²) in [6.07, 6.45) is 1.11. The van der Waals surface area contributed by atoms with Crippen LogP contribution in [-0.2, 0) is 10.0 Å². The van der Waals surface area contributed by atoms with E-state index in [1.54, 1.807) is 0 Å². The van der Waals surface area contributed by atoms with Gasteiger partial charge in [-0.05, 0) is 31.2 Å². The van der Waals surface area contributed by atoms with E-state index >= 15 is 0 Å². The van der Waals surface area contributed by atoms with Crippen LogP contribution in [0.15, 0.2) is 46.4 Å². The van der Waals surface area contributed by atoms with Crippen molar-refractivity contribution in [2.45, 2.75) is 11.8 Å². The summed E-state index contributed by atoms with van der Waals surface area (Å²) in [5.41, 5.74) is -0.108. The Bertz CT molecular complexity index is 973. The topological polar surface area (TPSA) is 129 Å². The van der Waals surface area contributed by atoms with Crippen molar-refractivity contribution in [2.75, 3.05) is 20.8 Å². The van der Waals surface area contributed by atoms with Crippen molar-refractivity contribution in [3.63, 3.8) is 0 Å². The minimum absolute atomic E-state index is 0.00830. The first-order chi connectivity index (χ1) is 13.3. The van der Waals surface area contributed by atoms with E-state index in [0.29, 0.717) is 12.4 Å². The fourth-order valence-corrected chi connectivity index (χ4v) is 3.04. The molecular formula is C17H19N3O7S. The highest BCUT2D eigenvalue weighted by Crippen LogP contribution is 2.33. The fourth-order valence-electron chi connectivity index (χ4n) is 2.25. The molecule has 28 heavy (non-hydrogen) atoms. The summed E-state index contributed by atoms with van der Waals surface area (Å²) >= 11 is 0. The Balaban J connectivity index is 2.25. The Kier molecular flexibility index (Phi) is 6.77. The van der Waals surface area contributed by atoms with E-state index < -0.39 is 14.9 Å². The van der Waals surface area contributed by atoms with Gasteiger partial charge in [0.05, 0.1) is 36.9 Å². The highest BCUT2D eigenvalue weighted by Gasteiger charge is 2.19. The monoisotopic (exact) mass is 409 g/mol. The molecule has 0 fully saturated rings. The lowest BCUT2D eigenvalue weighted by atomic mass is 10.1. The third-order valence-electron chi connectivity index (χ3n) is 3.55. The van der Waals surface area contributed by atoms with Crippen LogP contribution in [-0.4, -0.2) is 40.4 Å². The first-order valence-electron chi connectivity index (χ1n) is 8.00. The van der Waals surface area contributed by atoms with E-state index in [-0.39, 0.29) is 27.6 Å². The van der Waals surface area contributed by atoms with Crippen molar-refractivity contribution >= 4 is 21.9 Å². The third-order valence-corrected chi connectivity index (χ3v) is 4.79. The van der Waals surface area contributed by atoms with Gasteiger partial charge in [0.15, 0.2) is 0 Å². The van der Waals surface area contributed by atoms with Gasteiger partial charge < -0.3 is 14.2 Å². The normalized spacial score (nSPS) is 11.2. The maximum atomic E-state index is 12.3. The molecule has 10 nitrogen and oxygen atoms in total. The number of sulfonamides is 1. The summed E-state index contributed by atoms with van der Waals surface area (Å²) in [6, 6.07) is 8.30. The van der Waals surface area contributed by atoms with Gasteiger partial charge in [-0.25, -0.2) is 4.83 Å². The summed E-state index contributed by atoms with van der Waals surface area (Å²) in [5, 5.41) is 14.8. The summed E-state index contributed by atoms with van der Waals surface area (Å²) in [4.78, 5) is 12.6. The molecule has 0 saturated carbocycles. The molecule has 0 unspecified atom stereocenters. The number of methoxy groups -OCH3 is 2. The highest BCUT2D eigenvalue weighted by atomic mass is 32.2. The van der Waals surface area contributed by atoms with Gasteiger partial charge in [-0.1, -0.05) is 0 Å². The molecule has 0 radical (unpaired) electrons. The van der Waals surface area contributed by atoms with Crippen molar-refractivity contribution in [3.8, 4) is 17.2 Å². The molecule has 0 aromatic heterocycles. The standard InChI is InChI=1S/C17H19N3O7S/c1-4-27-13-5-7-14(8-6-13)28(23,24)19-18-11-12-9-15(20(21)22)17(26-3)10-16(12)25-2/h5-11,19H,4H2,1-3H3/b18-11+. The van der Waals surface area contributed by atoms with E-state index in [4.69, 9.17) is 14.2 Å². The van der Waals surface area contributed by atoms with E-state index in [2.05, 4.69) is 5.10 Å². The van der Waals surface area contributed by atoms with Gasteiger partial charge >= 0.3 is 5.69 Å². The quantitative estimate of drug-likeness (QED) is 0.382. The largest absolute Gasteiger partial charge is 0.496 e. The molecule has 150 valence electrons. The number of nitro benzene ring substituents is 1. The molecular weight excluding hydrogens is 390 g/mol. The van der Waals surface area contributed by atoms with Crippen molar-refractivity contribution in [1.29, 1.82) is 0 Å². The molecule has 0 saturated heterocycles. The lowest BCUT2D eigenvalue weighted by Crippen LogP contribution is -2.18. The molecule has 0 aliphatic carbocycles. The second-order valence-corrected chi connectivity index (χ2v) is 6.94. The predicted octanol–water partition coefficient (Wildman–Crippen LogP) is 2.32. The van der Waals surface area contributed by atoms with Crippen LogP contribution in [0.3, 0.4) is 0 Å². The number of hydrazone groups is 1. The zero-order valence-corrected chi connectivity index (χ0v) is 16.2. The van der Waals surface area contributed by atoms with Gasteiger partial charge in [0.2, 0.25) is 5.75 Å². The Morgan fingerprint density at radius 2 is 1.79 bits per heavy atom. The van der Waals surface area contributed by atoms with Crippen LogP contribution in [0.25, 0.3) is 0 Å². The van der Waals surface area contributed by atoms with Crippen LogP contribution in [0.5, 0.6) is 17.2 Å². The number of hydrogen-bond donors (Lipinski definition) is 1. The Morgan fingerprint density at radius 1 is 1.14 bits per heavy atom. The molecule has 2 rings (SSSR count). The van der Waals surface area contributed by atoms with E-state index in [9.17, 15) is 18.5 Å². The molecule has 0 heterocycles. The molecule has 0 amide bonds. The van der Waals surface area contributed by atoms with Gasteiger partial charge in [0.1, 0.15) is 11.5 Å². The lowest BCUT2D eigenvalue weighted by molar-refractivity contribution is -0.385.